The Morgan fingerprint density at radius 1 is 1.12 bits per heavy atom. The minimum Gasteiger partial charge on any atom is -0.337 e. The zero-order chi connectivity index (χ0) is 18.6. The first-order valence-corrected chi connectivity index (χ1v) is 9.61. The van der Waals surface area contributed by atoms with Gasteiger partial charge in [0.25, 0.3) is 5.91 Å². The molecule has 134 valence electrons. The van der Waals surface area contributed by atoms with E-state index in [-0.39, 0.29) is 10.8 Å². The lowest BCUT2D eigenvalue weighted by Crippen LogP contribution is -2.26. The SMILES string of the molecule is CNS(=O)(=O)c1cccc(C(=O)N(C)Cc2ccc(C(C)C)cc2)c1. The number of sulfonamides is 1. The molecule has 6 heteroatoms. The van der Waals surface area contributed by atoms with Crippen molar-refractivity contribution in [3.63, 3.8) is 0 Å². The molecule has 5 nitrogen and oxygen atoms in total. The van der Waals surface area contributed by atoms with E-state index in [1.165, 1.54) is 24.7 Å². The van der Waals surface area contributed by atoms with E-state index >= 15 is 0 Å². The summed E-state index contributed by atoms with van der Waals surface area (Å²) >= 11 is 0. The Hall–Kier alpha value is -2.18. The van der Waals surface area contributed by atoms with Crippen LogP contribution in [0, 0.1) is 0 Å². The van der Waals surface area contributed by atoms with Crippen LogP contribution in [-0.4, -0.2) is 33.3 Å². The van der Waals surface area contributed by atoms with Crippen molar-refractivity contribution in [2.45, 2.75) is 31.2 Å². The van der Waals surface area contributed by atoms with Gasteiger partial charge >= 0.3 is 0 Å². The third-order valence-corrected chi connectivity index (χ3v) is 5.48. The lowest BCUT2D eigenvalue weighted by molar-refractivity contribution is 0.0785. The third-order valence-electron chi connectivity index (χ3n) is 4.07. The molecule has 0 atom stereocenters. The van der Waals surface area contributed by atoms with Crippen molar-refractivity contribution in [1.29, 1.82) is 0 Å². The molecule has 0 aliphatic rings. The maximum Gasteiger partial charge on any atom is 0.253 e. The van der Waals surface area contributed by atoms with Crippen LogP contribution in [-0.2, 0) is 16.6 Å². The van der Waals surface area contributed by atoms with E-state index in [0.29, 0.717) is 18.0 Å². The lowest BCUT2D eigenvalue weighted by atomic mass is 10.0. The average molecular weight is 360 g/mol. The van der Waals surface area contributed by atoms with Gasteiger partial charge in [-0.3, -0.25) is 4.79 Å². The van der Waals surface area contributed by atoms with Gasteiger partial charge in [0.05, 0.1) is 4.90 Å². The summed E-state index contributed by atoms with van der Waals surface area (Å²) in [5, 5.41) is 0. The Morgan fingerprint density at radius 2 is 1.76 bits per heavy atom. The smallest absolute Gasteiger partial charge is 0.253 e. The molecule has 0 bridgehead atoms. The van der Waals surface area contributed by atoms with Gasteiger partial charge in [0.1, 0.15) is 0 Å². The largest absolute Gasteiger partial charge is 0.337 e. The molecule has 0 aromatic heterocycles. The van der Waals surface area contributed by atoms with Crippen LogP contribution < -0.4 is 4.72 Å². The first-order valence-electron chi connectivity index (χ1n) is 8.12. The molecule has 1 N–H and O–H groups in total. The molecule has 0 aliphatic heterocycles. The van der Waals surface area contributed by atoms with Crippen LogP contribution in [0.25, 0.3) is 0 Å². The van der Waals surface area contributed by atoms with Gasteiger partial charge in [-0.1, -0.05) is 44.2 Å². The van der Waals surface area contributed by atoms with Gasteiger partial charge in [-0.05, 0) is 42.3 Å². The molecule has 0 fully saturated rings. The molecule has 2 rings (SSSR count). The minimum absolute atomic E-state index is 0.0792. The second-order valence-electron chi connectivity index (χ2n) is 6.29. The van der Waals surface area contributed by atoms with Gasteiger partial charge < -0.3 is 4.90 Å². The summed E-state index contributed by atoms with van der Waals surface area (Å²) in [6.45, 7) is 4.73. The lowest BCUT2D eigenvalue weighted by Gasteiger charge is -2.18. The van der Waals surface area contributed by atoms with Crippen LogP contribution in [0.3, 0.4) is 0 Å². The first-order chi connectivity index (χ1) is 11.7. The fourth-order valence-electron chi connectivity index (χ4n) is 2.49. The Bertz CT molecular complexity index is 843. The van der Waals surface area contributed by atoms with Crippen LogP contribution in [0.4, 0.5) is 0 Å². The Kier molecular flexibility index (Phi) is 5.98. The first kappa shape index (κ1) is 19.1. The molecule has 0 spiro atoms. The van der Waals surface area contributed by atoms with Gasteiger partial charge in [0, 0.05) is 19.2 Å². The van der Waals surface area contributed by atoms with Gasteiger partial charge in [-0.15, -0.1) is 0 Å². The summed E-state index contributed by atoms with van der Waals surface area (Å²) in [4.78, 5) is 14.3. The van der Waals surface area contributed by atoms with Crippen molar-refractivity contribution in [2.24, 2.45) is 0 Å². The van der Waals surface area contributed by atoms with Crippen molar-refractivity contribution >= 4 is 15.9 Å². The second-order valence-corrected chi connectivity index (χ2v) is 8.18. The van der Waals surface area contributed by atoms with Crippen molar-refractivity contribution < 1.29 is 13.2 Å². The molecule has 1 amide bonds. The summed E-state index contributed by atoms with van der Waals surface area (Å²) in [5.74, 6) is 0.242. The molecule has 0 saturated heterocycles. The number of carbonyl (C=O) groups is 1. The Balaban J connectivity index is 2.16. The molecule has 25 heavy (non-hydrogen) atoms. The fraction of sp³-hybridized carbons (Fsp3) is 0.316. The number of nitrogens with one attached hydrogen (secondary N) is 1. The second kappa shape index (κ2) is 7.80. The predicted octanol–water partition coefficient (Wildman–Crippen LogP) is 2.99. The zero-order valence-corrected chi connectivity index (χ0v) is 15.8. The molecular weight excluding hydrogens is 336 g/mol. The molecule has 0 heterocycles. The molecule has 2 aromatic rings. The summed E-state index contributed by atoms with van der Waals surface area (Å²) in [6, 6.07) is 14.2. The highest BCUT2D eigenvalue weighted by Gasteiger charge is 2.17. The Labute approximate surface area is 149 Å². The monoisotopic (exact) mass is 360 g/mol. The molecule has 0 unspecified atom stereocenters. The Morgan fingerprint density at radius 3 is 2.32 bits per heavy atom. The molecular formula is C19H24N2O3S. The quantitative estimate of drug-likeness (QED) is 0.861. The van der Waals surface area contributed by atoms with E-state index in [1.54, 1.807) is 24.1 Å². The maximum atomic E-state index is 12.6. The topological polar surface area (TPSA) is 66.5 Å². The van der Waals surface area contributed by atoms with Crippen LogP contribution in [0.15, 0.2) is 53.4 Å². The highest BCUT2D eigenvalue weighted by atomic mass is 32.2. The van der Waals surface area contributed by atoms with E-state index in [4.69, 9.17) is 0 Å². The zero-order valence-electron chi connectivity index (χ0n) is 15.0. The van der Waals surface area contributed by atoms with Crippen LogP contribution in [0.5, 0.6) is 0 Å². The van der Waals surface area contributed by atoms with E-state index in [0.717, 1.165) is 5.56 Å². The average Bonchev–Trinajstić information content (AvgIpc) is 2.61. The van der Waals surface area contributed by atoms with Crippen LogP contribution in [0.2, 0.25) is 0 Å². The number of nitrogens with zero attached hydrogens (tertiary/aromatic N) is 1. The third kappa shape index (κ3) is 4.67. The van der Waals surface area contributed by atoms with E-state index in [2.05, 4.69) is 30.7 Å². The summed E-state index contributed by atoms with van der Waals surface area (Å²) in [6.07, 6.45) is 0. The van der Waals surface area contributed by atoms with E-state index in [9.17, 15) is 13.2 Å². The number of rotatable bonds is 6. The number of hydrogen-bond donors (Lipinski definition) is 1. The fourth-order valence-corrected chi connectivity index (χ4v) is 3.26. The van der Waals surface area contributed by atoms with Crippen LogP contribution >= 0.6 is 0 Å². The van der Waals surface area contributed by atoms with E-state index < -0.39 is 10.0 Å². The number of amides is 1. The highest BCUT2D eigenvalue weighted by molar-refractivity contribution is 7.89. The van der Waals surface area contributed by atoms with Crippen molar-refractivity contribution in [2.75, 3.05) is 14.1 Å². The number of hydrogen-bond acceptors (Lipinski definition) is 3. The maximum absolute atomic E-state index is 12.6. The van der Waals surface area contributed by atoms with Crippen molar-refractivity contribution in [1.82, 2.24) is 9.62 Å². The molecule has 0 saturated carbocycles. The normalized spacial score (nSPS) is 11.6. The van der Waals surface area contributed by atoms with Gasteiger partial charge in [0.2, 0.25) is 10.0 Å². The summed E-state index contributed by atoms with van der Waals surface area (Å²) < 4.78 is 26.0. The van der Waals surface area contributed by atoms with E-state index in [1.807, 2.05) is 12.1 Å². The van der Waals surface area contributed by atoms with Gasteiger partial charge in [-0.25, -0.2) is 13.1 Å². The number of benzene rings is 2. The molecule has 0 radical (unpaired) electrons. The minimum atomic E-state index is -3.57. The van der Waals surface area contributed by atoms with Gasteiger partial charge in [-0.2, -0.15) is 0 Å². The molecule has 2 aromatic carbocycles. The number of carbonyl (C=O) groups excluding carboxylic acids is 1. The summed E-state index contributed by atoms with van der Waals surface area (Å²) in [7, 11) is -0.522. The van der Waals surface area contributed by atoms with Crippen molar-refractivity contribution in [3.8, 4) is 0 Å². The predicted molar refractivity (Wildman–Crippen MR) is 99.0 cm³/mol. The van der Waals surface area contributed by atoms with Crippen molar-refractivity contribution in [3.05, 3.63) is 65.2 Å². The van der Waals surface area contributed by atoms with Gasteiger partial charge in [0.15, 0.2) is 0 Å². The standard InChI is InChI=1S/C19H24N2O3S/c1-14(2)16-10-8-15(9-11-16)13-21(4)19(22)17-6-5-7-18(12-17)25(23,24)20-3/h5-12,14,20H,13H2,1-4H3. The van der Waals surface area contributed by atoms with Crippen LogP contribution in [0.1, 0.15) is 41.3 Å². The molecule has 0 aliphatic carbocycles. The summed E-state index contributed by atoms with van der Waals surface area (Å²) in [5.41, 5.74) is 2.62. The highest BCUT2D eigenvalue weighted by Crippen LogP contribution is 2.17.